The zero-order valence-corrected chi connectivity index (χ0v) is 17.5. The van der Waals surface area contributed by atoms with E-state index in [1.165, 1.54) is 17.8 Å². The number of H-pyrrole nitrogens is 1. The molecule has 0 aliphatic rings. The van der Waals surface area contributed by atoms with Crippen LogP contribution in [0.4, 0.5) is 5.69 Å². The van der Waals surface area contributed by atoms with E-state index in [2.05, 4.69) is 47.3 Å². The van der Waals surface area contributed by atoms with E-state index in [0.29, 0.717) is 16.5 Å². The second-order valence-electron chi connectivity index (χ2n) is 5.78. The number of rotatable bonds is 6. The Kier molecular flexibility index (Phi) is 6.67. The fourth-order valence-corrected chi connectivity index (χ4v) is 3.25. The number of aromatic amines is 1. The van der Waals surface area contributed by atoms with Crippen LogP contribution in [0.25, 0.3) is 0 Å². The van der Waals surface area contributed by atoms with E-state index < -0.39 is 11.8 Å². The Morgan fingerprint density at radius 2 is 2.00 bits per heavy atom. The van der Waals surface area contributed by atoms with Crippen molar-refractivity contribution in [1.82, 2.24) is 30.6 Å². The van der Waals surface area contributed by atoms with Crippen LogP contribution in [0.15, 0.2) is 52.5 Å². The Hall–Kier alpha value is -3.12. The highest BCUT2D eigenvalue weighted by atomic mass is 79.9. The number of hydrogen-bond donors (Lipinski definition) is 4. The fourth-order valence-electron chi connectivity index (χ4n) is 2.22. The summed E-state index contributed by atoms with van der Waals surface area (Å²) in [5, 5.41) is 11.0. The van der Waals surface area contributed by atoms with Gasteiger partial charge in [-0.2, -0.15) is 0 Å². The first-order valence-corrected chi connectivity index (χ1v) is 10.0. The SMILES string of the molecule is Cn1cnnc1SCC(=O)Nc1cccc(C(=O)NNC(=O)c2cc(Br)c[nH]2)c1. The smallest absolute Gasteiger partial charge is 0.286 e. The van der Waals surface area contributed by atoms with Crippen molar-refractivity contribution in [2.45, 2.75) is 5.16 Å². The highest BCUT2D eigenvalue weighted by Crippen LogP contribution is 2.15. The number of carbonyl (C=O) groups is 3. The number of hydrazine groups is 1. The first kappa shape index (κ1) is 20.6. The maximum absolute atomic E-state index is 12.3. The van der Waals surface area contributed by atoms with Gasteiger partial charge in [-0.15, -0.1) is 10.2 Å². The number of thioether (sulfide) groups is 1. The van der Waals surface area contributed by atoms with E-state index in [1.807, 2.05) is 0 Å². The van der Waals surface area contributed by atoms with E-state index in [0.717, 1.165) is 4.47 Å². The molecule has 12 heteroatoms. The highest BCUT2D eigenvalue weighted by molar-refractivity contribution is 9.10. The lowest BCUT2D eigenvalue weighted by molar-refractivity contribution is -0.113. The minimum Gasteiger partial charge on any atom is -0.356 e. The molecule has 29 heavy (non-hydrogen) atoms. The zero-order valence-electron chi connectivity index (χ0n) is 15.1. The molecule has 2 aromatic heterocycles. The number of anilines is 1. The summed E-state index contributed by atoms with van der Waals surface area (Å²) in [6, 6.07) is 7.95. The maximum Gasteiger partial charge on any atom is 0.286 e. The minimum atomic E-state index is -0.520. The van der Waals surface area contributed by atoms with Crippen molar-refractivity contribution in [1.29, 1.82) is 0 Å². The Bertz CT molecular complexity index is 1050. The summed E-state index contributed by atoms with van der Waals surface area (Å²) in [5.74, 6) is -1.12. The molecule has 3 rings (SSSR count). The standard InChI is InChI=1S/C17H16BrN7O3S/c1-25-9-20-24-17(25)29-8-14(26)21-12-4-2-3-10(5-12)15(27)22-23-16(28)13-6-11(18)7-19-13/h2-7,9,19H,8H2,1H3,(H,21,26)(H,22,27)(H,23,28). The molecular weight excluding hydrogens is 462 g/mol. The molecule has 0 unspecified atom stereocenters. The Morgan fingerprint density at radius 3 is 2.69 bits per heavy atom. The van der Waals surface area contributed by atoms with Gasteiger partial charge in [0.1, 0.15) is 12.0 Å². The Labute approximate surface area is 178 Å². The highest BCUT2D eigenvalue weighted by Gasteiger charge is 2.12. The number of amides is 3. The molecule has 10 nitrogen and oxygen atoms in total. The van der Waals surface area contributed by atoms with Gasteiger partial charge in [0.25, 0.3) is 11.8 Å². The van der Waals surface area contributed by atoms with Crippen molar-refractivity contribution in [2.24, 2.45) is 7.05 Å². The van der Waals surface area contributed by atoms with Gasteiger partial charge in [0.2, 0.25) is 5.91 Å². The van der Waals surface area contributed by atoms with Gasteiger partial charge < -0.3 is 14.9 Å². The molecule has 3 aromatic rings. The number of aryl methyl sites for hydroxylation is 1. The van der Waals surface area contributed by atoms with Crippen LogP contribution >= 0.6 is 27.7 Å². The van der Waals surface area contributed by atoms with E-state index in [1.54, 1.807) is 48.4 Å². The molecule has 0 bridgehead atoms. The molecule has 0 spiro atoms. The third-order valence-electron chi connectivity index (χ3n) is 3.59. The second-order valence-corrected chi connectivity index (χ2v) is 7.64. The van der Waals surface area contributed by atoms with Crippen molar-refractivity contribution in [3.63, 3.8) is 0 Å². The molecule has 150 valence electrons. The number of hydrogen-bond acceptors (Lipinski definition) is 6. The second kappa shape index (κ2) is 9.39. The zero-order chi connectivity index (χ0) is 20.8. The normalized spacial score (nSPS) is 10.4. The summed E-state index contributed by atoms with van der Waals surface area (Å²) >= 11 is 4.47. The summed E-state index contributed by atoms with van der Waals surface area (Å²) in [7, 11) is 1.79. The lowest BCUT2D eigenvalue weighted by Crippen LogP contribution is -2.41. The van der Waals surface area contributed by atoms with Gasteiger partial charge in [0.15, 0.2) is 5.16 Å². The van der Waals surface area contributed by atoms with Gasteiger partial charge in [0, 0.05) is 29.0 Å². The lowest BCUT2D eigenvalue weighted by atomic mass is 10.2. The van der Waals surface area contributed by atoms with Crippen LogP contribution in [0.3, 0.4) is 0 Å². The van der Waals surface area contributed by atoms with Crippen molar-refractivity contribution in [3.05, 3.63) is 58.6 Å². The molecular formula is C17H16BrN7O3S. The third-order valence-corrected chi connectivity index (χ3v) is 5.08. The topological polar surface area (TPSA) is 134 Å². The van der Waals surface area contributed by atoms with Gasteiger partial charge in [-0.25, -0.2) is 0 Å². The molecule has 0 aliphatic carbocycles. The molecule has 2 heterocycles. The average molecular weight is 478 g/mol. The van der Waals surface area contributed by atoms with Crippen LogP contribution in [0.2, 0.25) is 0 Å². The Balaban J connectivity index is 1.52. The summed E-state index contributed by atoms with van der Waals surface area (Å²) in [6.07, 6.45) is 3.15. The number of halogens is 1. The molecule has 0 aliphatic heterocycles. The first-order chi connectivity index (χ1) is 13.9. The summed E-state index contributed by atoms with van der Waals surface area (Å²) < 4.78 is 2.43. The van der Waals surface area contributed by atoms with Gasteiger partial charge >= 0.3 is 0 Å². The monoisotopic (exact) mass is 477 g/mol. The number of nitrogens with zero attached hydrogens (tertiary/aromatic N) is 3. The molecule has 3 amide bonds. The average Bonchev–Trinajstić information content (AvgIpc) is 3.32. The van der Waals surface area contributed by atoms with Crippen molar-refractivity contribution in [3.8, 4) is 0 Å². The molecule has 1 aromatic carbocycles. The minimum absolute atomic E-state index is 0.144. The van der Waals surface area contributed by atoms with Crippen LogP contribution in [-0.2, 0) is 11.8 Å². The van der Waals surface area contributed by atoms with Crippen LogP contribution in [0, 0.1) is 0 Å². The number of nitrogens with one attached hydrogen (secondary N) is 4. The summed E-state index contributed by atoms with van der Waals surface area (Å²) in [5.41, 5.74) is 5.67. The predicted molar refractivity (Wildman–Crippen MR) is 110 cm³/mol. The van der Waals surface area contributed by atoms with Gasteiger partial charge in [-0.3, -0.25) is 25.2 Å². The number of carbonyl (C=O) groups excluding carboxylic acids is 3. The van der Waals surface area contributed by atoms with Crippen LogP contribution < -0.4 is 16.2 Å². The van der Waals surface area contributed by atoms with Crippen molar-refractivity contribution < 1.29 is 14.4 Å². The fraction of sp³-hybridized carbons (Fsp3) is 0.118. The summed E-state index contributed by atoms with van der Waals surface area (Å²) in [6.45, 7) is 0. The van der Waals surface area contributed by atoms with E-state index in [9.17, 15) is 14.4 Å². The molecule has 0 radical (unpaired) electrons. The van der Waals surface area contributed by atoms with Crippen LogP contribution in [0.1, 0.15) is 20.8 Å². The van der Waals surface area contributed by atoms with Gasteiger partial charge in [0.05, 0.1) is 5.75 Å². The number of aromatic nitrogens is 4. The molecule has 0 saturated carbocycles. The number of benzene rings is 1. The first-order valence-electron chi connectivity index (χ1n) is 8.23. The molecule has 0 fully saturated rings. The van der Waals surface area contributed by atoms with E-state index in [4.69, 9.17) is 0 Å². The van der Waals surface area contributed by atoms with Crippen LogP contribution in [0.5, 0.6) is 0 Å². The van der Waals surface area contributed by atoms with Gasteiger partial charge in [-0.1, -0.05) is 17.8 Å². The largest absolute Gasteiger partial charge is 0.356 e. The maximum atomic E-state index is 12.3. The van der Waals surface area contributed by atoms with Gasteiger partial charge in [-0.05, 0) is 40.2 Å². The van der Waals surface area contributed by atoms with Crippen molar-refractivity contribution >= 4 is 51.1 Å². The van der Waals surface area contributed by atoms with Crippen molar-refractivity contribution in [2.75, 3.05) is 11.1 Å². The molecule has 4 N–H and O–H groups in total. The van der Waals surface area contributed by atoms with E-state index in [-0.39, 0.29) is 17.2 Å². The molecule has 0 atom stereocenters. The van der Waals surface area contributed by atoms with E-state index >= 15 is 0 Å². The quantitative estimate of drug-likeness (QED) is 0.315. The third kappa shape index (κ3) is 5.68. The van der Waals surface area contributed by atoms with Crippen LogP contribution in [-0.4, -0.2) is 43.2 Å². The summed E-state index contributed by atoms with van der Waals surface area (Å²) in [4.78, 5) is 39.1. The molecule has 0 saturated heterocycles. The Morgan fingerprint density at radius 1 is 1.21 bits per heavy atom. The predicted octanol–water partition coefficient (Wildman–Crippen LogP) is 1.71. The lowest BCUT2D eigenvalue weighted by Gasteiger charge is -2.09.